The highest BCUT2D eigenvalue weighted by Gasteiger charge is 2.50. The van der Waals surface area contributed by atoms with Gasteiger partial charge in [-0.2, -0.15) is 0 Å². The van der Waals surface area contributed by atoms with Crippen LogP contribution in [0, 0.1) is 30.6 Å². The molecule has 296 valence electrons. The largest absolute Gasteiger partial charge is 0.507 e. The zero-order chi connectivity index (χ0) is 40.0. The molecular weight excluding hydrogens is 700 g/mol. The fourth-order valence-corrected chi connectivity index (χ4v) is 8.82. The first kappa shape index (κ1) is 40.1. The van der Waals surface area contributed by atoms with Crippen LogP contribution in [-0.2, 0) is 14.3 Å². The van der Waals surface area contributed by atoms with E-state index < -0.39 is 41.1 Å². The summed E-state index contributed by atoms with van der Waals surface area (Å²) in [6.45, 7) is 15.8. The minimum absolute atomic E-state index is 0.00945. The summed E-state index contributed by atoms with van der Waals surface area (Å²) in [6.07, 6.45) is 10.9. The summed E-state index contributed by atoms with van der Waals surface area (Å²) >= 11 is 0. The lowest BCUT2D eigenvalue weighted by molar-refractivity contribution is -0.156. The molecule has 4 aliphatic rings. The van der Waals surface area contributed by atoms with Crippen LogP contribution in [0.2, 0.25) is 0 Å². The number of carbonyl (C=O) groups excluding carboxylic acids is 3. The van der Waals surface area contributed by atoms with E-state index >= 15 is 0 Å². The Labute approximate surface area is 322 Å². The van der Waals surface area contributed by atoms with Crippen molar-refractivity contribution in [3.8, 4) is 17.2 Å². The molecular formula is C43H56N4O8. The Morgan fingerprint density at radius 3 is 2.40 bits per heavy atom. The van der Waals surface area contributed by atoms with Crippen LogP contribution in [-0.4, -0.2) is 69.5 Å². The number of nitrogens with zero attached hydrogens (tertiary/aromatic N) is 2. The van der Waals surface area contributed by atoms with Crippen molar-refractivity contribution >= 4 is 34.1 Å². The molecule has 4 bridgehead atoms. The molecule has 2 aromatic rings. The number of phenols is 2. The first-order valence-corrected chi connectivity index (χ1v) is 19.7. The smallest absolute Gasteiger partial charge is 0.302 e. The van der Waals surface area contributed by atoms with Crippen LogP contribution < -0.4 is 26.1 Å². The summed E-state index contributed by atoms with van der Waals surface area (Å²) in [5, 5.41) is 42.6. The van der Waals surface area contributed by atoms with Gasteiger partial charge < -0.3 is 35.4 Å². The average molecular weight is 757 g/mol. The number of rotatable bonds is 2. The van der Waals surface area contributed by atoms with Crippen molar-refractivity contribution in [1.29, 1.82) is 0 Å². The fourth-order valence-electron chi connectivity index (χ4n) is 8.82. The maximum absolute atomic E-state index is 14.8. The molecule has 55 heavy (non-hydrogen) atoms. The number of allylic oxidation sites excluding steroid dienone is 4. The van der Waals surface area contributed by atoms with Gasteiger partial charge in [0.2, 0.25) is 5.78 Å². The zero-order valence-corrected chi connectivity index (χ0v) is 33.3. The zero-order valence-electron chi connectivity index (χ0n) is 33.3. The summed E-state index contributed by atoms with van der Waals surface area (Å²) in [7, 11) is 0. The molecule has 1 spiro atoms. The van der Waals surface area contributed by atoms with E-state index in [1.54, 1.807) is 26.0 Å². The maximum atomic E-state index is 14.8. The Kier molecular flexibility index (Phi) is 11.3. The third-order valence-electron chi connectivity index (χ3n) is 12.2. The van der Waals surface area contributed by atoms with Crippen molar-refractivity contribution in [3.63, 3.8) is 0 Å². The van der Waals surface area contributed by atoms with Gasteiger partial charge in [-0.25, -0.2) is 4.99 Å². The minimum atomic E-state index is -1.30. The Bertz CT molecular complexity index is 2120. The predicted molar refractivity (Wildman–Crippen MR) is 210 cm³/mol. The van der Waals surface area contributed by atoms with Crippen molar-refractivity contribution in [1.82, 2.24) is 5.32 Å². The van der Waals surface area contributed by atoms with E-state index in [2.05, 4.69) is 15.6 Å². The van der Waals surface area contributed by atoms with Crippen LogP contribution in [0.3, 0.4) is 0 Å². The number of fused-ring (bicyclic) bond motifs is 1. The lowest BCUT2D eigenvalue weighted by Crippen LogP contribution is -2.44. The van der Waals surface area contributed by atoms with Crippen molar-refractivity contribution in [3.05, 3.63) is 57.8 Å². The Morgan fingerprint density at radius 2 is 1.73 bits per heavy atom. The first-order chi connectivity index (χ1) is 26.0. The van der Waals surface area contributed by atoms with Gasteiger partial charge >= 0.3 is 5.97 Å². The summed E-state index contributed by atoms with van der Waals surface area (Å²) in [5.74, 6) is -2.35. The number of ketones is 1. The Morgan fingerprint density at radius 1 is 1.02 bits per heavy atom. The maximum Gasteiger partial charge on any atom is 0.302 e. The number of hydrogen-bond acceptors (Lipinski definition) is 11. The number of aromatic hydroxyl groups is 2. The number of carbonyl (C=O) groups is 3. The summed E-state index contributed by atoms with van der Waals surface area (Å²) in [4.78, 5) is 50.3. The van der Waals surface area contributed by atoms with Crippen LogP contribution in [0.1, 0.15) is 103 Å². The summed E-state index contributed by atoms with van der Waals surface area (Å²) < 4.78 is 12.4. The fraction of sp³-hybridized carbons (Fsp3) is 0.558. The molecule has 2 aromatic carbocycles. The number of amides is 1. The number of aliphatic hydroxyl groups excluding tert-OH is 1. The molecule has 0 radical (unpaired) electrons. The van der Waals surface area contributed by atoms with Gasteiger partial charge in [0.25, 0.3) is 5.91 Å². The highest BCUT2D eigenvalue weighted by molar-refractivity contribution is 6.22. The number of benzene rings is 2. The number of hydrogen-bond donors (Lipinski definition) is 5. The lowest BCUT2D eigenvalue weighted by Gasteiger charge is -2.34. The summed E-state index contributed by atoms with van der Waals surface area (Å²) in [6, 6.07) is 0. The molecule has 12 heteroatoms. The van der Waals surface area contributed by atoms with Crippen molar-refractivity contribution in [2.45, 2.75) is 117 Å². The van der Waals surface area contributed by atoms with E-state index in [9.17, 15) is 29.7 Å². The number of nitrogens with one attached hydrogen (secondary N) is 2. The Balaban J connectivity index is 1.55. The quantitative estimate of drug-likeness (QED) is 0.146. The van der Waals surface area contributed by atoms with E-state index in [-0.39, 0.29) is 74.6 Å². The normalized spacial score (nSPS) is 31.8. The second kappa shape index (κ2) is 15.5. The highest BCUT2D eigenvalue weighted by Crippen LogP contribution is 2.52. The molecule has 0 aromatic heterocycles. The summed E-state index contributed by atoms with van der Waals surface area (Å²) in [5.41, 5.74) is -0.803. The van der Waals surface area contributed by atoms with E-state index in [1.165, 1.54) is 6.92 Å². The van der Waals surface area contributed by atoms with Gasteiger partial charge in [-0.05, 0) is 64.0 Å². The number of ether oxygens (including phenoxy) is 2. The van der Waals surface area contributed by atoms with E-state index in [4.69, 9.17) is 14.5 Å². The average Bonchev–Trinajstić information content (AvgIpc) is 3.66. The molecule has 0 saturated carbocycles. The van der Waals surface area contributed by atoms with Gasteiger partial charge in [-0.1, -0.05) is 65.0 Å². The monoisotopic (exact) mass is 756 g/mol. The second-order valence-electron chi connectivity index (χ2n) is 16.3. The number of phenolic OH excluding ortho intramolecular Hbond substituents is 2. The molecule has 0 aliphatic carbocycles. The lowest BCUT2D eigenvalue weighted by atomic mass is 9.80. The standard InChI is InChI=1S/C43H56N4O8/c1-9-42-16-11-10-14-23(3)38(54-28(8)48)26(6)35(49)25(5)21-22(2)13-12-15-24(4)41(53)45-34-33-32(46-43(47-33)17-19-44-20-18-43)29-30(37(34)51)36(50)27(7)39(55-42)31(29)40(42)52/h10-13,15,22-23,25-26,35,38,44,46,49-51H,9,14,16-21H2,1-8H3/b11-10+,13-12+,24-15-,45-34?/t22?,23-,25-,26-,35?,38?,42-/m1/s1. The number of piperidine rings is 1. The minimum Gasteiger partial charge on any atom is -0.507 e. The number of aliphatic hydroxyl groups is 1. The van der Waals surface area contributed by atoms with Gasteiger partial charge in [-0.15, -0.1) is 0 Å². The van der Waals surface area contributed by atoms with E-state index in [0.717, 1.165) is 0 Å². The topological polar surface area (TPSA) is 179 Å². The van der Waals surface area contributed by atoms with Crippen molar-refractivity contribution in [2.24, 2.45) is 33.7 Å². The first-order valence-electron chi connectivity index (χ1n) is 19.7. The van der Waals surface area contributed by atoms with Gasteiger partial charge in [0.05, 0.1) is 22.7 Å². The Hall–Kier alpha value is -4.55. The molecule has 3 unspecified atom stereocenters. The molecule has 4 aliphatic heterocycles. The predicted octanol–water partition coefficient (Wildman–Crippen LogP) is 5.63. The molecule has 4 heterocycles. The second-order valence-corrected chi connectivity index (χ2v) is 16.3. The molecule has 7 atom stereocenters. The van der Waals surface area contributed by atoms with E-state index in [1.807, 2.05) is 52.8 Å². The van der Waals surface area contributed by atoms with Crippen LogP contribution >= 0.6 is 0 Å². The number of esters is 1. The number of Topliss-reactive ketones (excluding diaryl/α,β-unsaturated/α-hetero) is 1. The molecule has 6 rings (SSSR count). The van der Waals surface area contributed by atoms with Crippen LogP contribution in [0.4, 0.5) is 5.69 Å². The van der Waals surface area contributed by atoms with Crippen LogP contribution in [0.15, 0.2) is 45.9 Å². The van der Waals surface area contributed by atoms with Crippen LogP contribution in [0.5, 0.6) is 17.2 Å². The van der Waals surface area contributed by atoms with Gasteiger partial charge in [0.1, 0.15) is 34.0 Å². The molecule has 1 amide bonds. The molecule has 1 saturated heterocycles. The van der Waals surface area contributed by atoms with Gasteiger partial charge in [0, 0.05) is 48.6 Å². The molecule has 1 fully saturated rings. The van der Waals surface area contributed by atoms with Crippen LogP contribution in [0.25, 0.3) is 10.8 Å². The number of anilines is 1. The highest BCUT2D eigenvalue weighted by atomic mass is 16.5. The van der Waals surface area contributed by atoms with Crippen molar-refractivity contribution in [2.75, 3.05) is 18.4 Å². The van der Waals surface area contributed by atoms with Gasteiger partial charge in [0.15, 0.2) is 11.4 Å². The molecule has 5 N–H and O–H groups in total. The van der Waals surface area contributed by atoms with Gasteiger partial charge in [-0.3, -0.25) is 19.4 Å². The van der Waals surface area contributed by atoms with Crippen molar-refractivity contribution < 1.29 is 39.2 Å². The SMILES string of the molecule is CC[C@@]12C/C=C/C[C@@H](C)C(OC(C)=O)[C@H](C)C(O)[C@H](C)CC(C)/C=C/C=C(/C)C(=O)N=c3c(O)c4c(O)c(C)c(c(c4c4c3=NC3(CCNCC3)N4)C1=O)O2. The molecule has 12 nitrogen and oxygen atoms in total. The van der Waals surface area contributed by atoms with E-state index in [0.29, 0.717) is 61.8 Å². The third-order valence-corrected chi connectivity index (χ3v) is 12.2. The third kappa shape index (κ3) is 7.31.